The molecule has 6 heteroatoms. The summed E-state index contributed by atoms with van der Waals surface area (Å²) in [7, 11) is 0. The third-order valence-corrected chi connectivity index (χ3v) is 4.05. The number of carbonyl (C=O) groups is 1. The van der Waals surface area contributed by atoms with Gasteiger partial charge in [-0.1, -0.05) is 19.9 Å². The second-order valence-electron chi connectivity index (χ2n) is 6.62. The number of nitrogens with zero attached hydrogens (tertiary/aromatic N) is 1. The second-order valence-corrected chi connectivity index (χ2v) is 6.62. The van der Waals surface area contributed by atoms with E-state index in [-0.39, 0.29) is 17.9 Å². The van der Waals surface area contributed by atoms with E-state index in [1.165, 1.54) is 0 Å². The van der Waals surface area contributed by atoms with Gasteiger partial charge in [0, 0.05) is 25.2 Å². The zero-order chi connectivity index (χ0) is 17.0. The molecule has 1 saturated heterocycles. The van der Waals surface area contributed by atoms with Crippen LogP contribution in [0.15, 0.2) is 12.1 Å². The average molecular weight is 328 g/mol. The highest BCUT2D eigenvalue weighted by molar-refractivity contribution is 5.78. The van der Waals surface area contributed by atoms with Crippen LogP contribution in [-0.4, -0.2) is 37.0 Å². The molecule has 0 saturated carbocycles. The van der Waals surface area contributed by atoms with Crippen LogP contribution in [0.3, 0.4) is 0 Å². The Hall–Kier alpha value is -1.56. The predicted octanol–water partition coefficient (Wildman–Crippen LogP) is 2.74. The normalized spacial score (nSPS) is 18.6. The molecule has 1 aliphatic rings. The molecule has 0 aliphatic carbocycles. The Morgan fingerprint density at radius 2 is 2.04 bits per heavy atom. The van der Waals surface area contributed by atoms with Gasteiger partial charge in [-0.15, -0.1) is 0 Å². The van der Waals surface area contributed by atoms with E-state index in [1.54, 1.807) is 0 Å². The highest BCUT2D eigenvalue weighted by Gasteiger charge is 2.23. The largest absolute Gasteiger partial charge is 0.355 e. The van der Waals surface area contributed by atoms with E-state index < -0.39 is 17.5 Å². The van der Waals surface area contributed by atoms with E-state index >= 15 is 0 Å². The lowest BCUT2D eigenvalue weighted by Crippen LogP contribution is -2.32. The highest BCUT2D eigenvalue weighted by atomic mass is 19.2. The van der Waals surface area contributed by atoms with Crippen LogP contribution >= 0.6 is 0 Å². The standard InChI is InChI=1S/C17H23F3N2O/c1-11(2)9-22-6-5-12(10-22)8-21-15(23)7-13-3-4-14(18)17(20)16(13)19/h3-4,11-12H,5-10H2,1-2H3,(H,21,23)/t12-/m1/s1. The lowest BCUT2D eigenvalue weighted by Gasteiger charge is -2.18. The zero-order valence-electron chi connectivity index (χ0n) is 13.5. The Morgan fingerprint density at radius 3 is 2.74 bits per heavy atom. The van der Waals surface area contributed by atoms with Crippen molar-refractivity contribution in [2.24, 2.45) is 11.8 Å². The van der Waals surface area contributed by atoms with Crippen LogP contribution in [0, 0.1) is 29.3 Å². The molecule has 1 amide bonds. The average Bonchev–Trinajstić information content (AvgIpc) is 2.92. The molecule has 3 nitrogen and oxygen atoms in total. The Morgan fingerprint density at radius 1 is 1.30 bits per heavy atom. The van der Waals surface area contributed by atoms with Gasteiger partial charge in [0.1, 0.15) is 0 Å². The highest BCUT2D eigenvalue weighted by Crippen LogP contribution is 2.17. The molecule has 1 fully saturated rings. The molecule has 0 radical (unpaired) electrons. The van der Waals surface area contributed by atoms with Gasteiger partial charge in [-0.2, -0.15) is 0 Å². The van der Waals surface area contributed by atoms with Crippen LogP contribution in [0.2, 0.25) is 0 Å². The number of benzene rings is 1. The quantitative estimate of drug-likeness (QED) is 0.815. The maximum atomic E-state index is 13.5. The second kappa shape index (κ2) is 7.81. The Balaban J connectivity index is 1.79. The number of nitrogens with one attached hydrogen (secondary N) is 1. The predicted molar refractivity (Wildman–Crippen MR) is 82.4 cm³/mol. The molecule has 0 spiro atoms. The van der Waals surface area contributed by atoms with Gasteiger partial charge in [-0.25, -0.2) is 13.2 Å². The van der Waals surface area contributed by atoms with Gasteiger partial charge in [0.15, 0.2) is 17.5 Å². The number of halogens is 3. The fourth-order valence-electron chi connectivity index (χ4n) is 2.96. The number of amides is 1. The SMILES string of the molecule is CC(C)CN1CC[C@H](CNC(=O)Cc2ccc(F)c(F)c2F)C1. The summed E-state index contributed by atoms with van der Waals surface area (Å²) in [6.07, 6.45) is 0.734. The lowest BCUT2D eigenvalue weighted by atomic mass is 10.1. The number of rotatable bonds is 6. The smallest absolute Gasteiger partial charge is 0.224 e. The molecule has 1 aromatic rings. The van der Waals surface area contributed by atoms with Gasteiger partial charge >= 0.3 is 0 Å². The van der Waals surface area contributed by atoms with E-state index in [0.29, 0.717) is 18.4 Å². The van der Waals surface area contributed by atoms with Gasteiger partial charge in [-0.3, -0.25) is 4.79 Å². The van der Waals surface area contributed by atoms with Gasteiger partial charge in [0.05, 0.1) is 6.42 Å². The minimum atomic E-state index is -1.53. The number of hydrogen-bond acceptors (Lipinski definition) is 2. The van der Waals surface area contributed by atoms with Gasteiger partial charge in [0.25, 0.3) is 0 Å². The summed E-state index contributed by atoms with van der Waals surface area (Å²) in [5.41, 5.74) is -0.130. The van der Waals surface area contributed by atoms with E-state index in [2.05, 4.69) is 24.1 Å². The fourth-order valence-corrected chi connectivity index (χ4v) is 2.96. The summed E-state index contributed by atoms with van der Waals surface area (Å²) in [4.78, 5) is 14.2. The molecule has 0 aromatic heterocycles. The van der Waals surface area contributed by atoms with E-state index in [0.717, 1.165) is 38.2 Å². The third kappa shape index (κ3) is 4.96. The lowest BCUT2D eigenvalue weighted by molar-refractivity contribution is -0.120. The van der Waals surface area contributed by atoms with Crippen molar-refractivity contribution in [3.8, 4) is 0 Å². The minimum Gasteiger partial charge on any atom is -0.355 e. The van der Waals surface area contributed by atoms with Gasteiger partial charge < -0.3 is 10.2 Å². The summed E-state index contributed by atoms with van der Waals surface area (Å²) in [5.74, 6) is -3.45. The molecule has 2 rings (SSSR count). The molecular formula is C17H23F3N2O. The molecule has 128 valence electrons. The first-order valence-electron chi connectivity index (χ1n) is 7.98. The van der Waals surface area contributed by atoms with Crippen molar-refractivity contribution < 1.29 is 18.0 Å². The summed E-state index contributed by atoms with van der Waals surface area (Å²) < 4.78 is 39.5. The van der Waals surface area contributed by atoms with E-state index in [9.17, 15) is 18.0 Å². The zero-order valence-corrected chi connectivity index (χ0v) is 13.5. The molecule has 1 atom stereocenters. The molecular weight excluding hydrogens is 305 g/mol. The monoisotopic (exact) mass is 328 g/mol. The first-order valence-corrected chi connectivity index (χ1v) is 7.98. The molecule has 23 heavy (non-hydrogen) atoms. The summed E-state index contributed by atoms with van der Waals surface area (Å²) in [5, 5.41) is 2.76. The summed E-state index contributed by atoms with van der Waals surface area (Å²) >= 11 is 0. The first kappa shape index (κ1) is 17.8. The molecule has 1 aliphatic heterocycles. The topological polar surface area (TPSA) is 32.3 Å². The summed E-state index contributed by atoms with van der Waals surface area (Å²) in [6, 6.07) is 1.94. The van der Waals surface area contributed by atoms with E-state index in [1.807, 2.05) is 0 Å². The van der Waals surface area contributed by atoms with Gasteiger partial charge in [0.2, 0.25) is 5.91 Å². The number of hydrogen-bond donors (Lipinski definition) is 1. The van der Waals surface area contributed by atoms with Crippen LogP contribution in [0.25, 0.3) is 0 Å². The Bertz CT molecular complexity index is 563. The Labute approximate surface area is 134 Å². The minimum absolute atomic E-state index is 0.130. The number of likely N-dealkylation sites (tertiary alicyclic amines) is 1. The molecule has 1 heterocycles. The van der Waals surface area contributed by atoms with Crippen molar-refractivity contribution in [3.63, 3.8) is 0 Å². The summed E-state index contributed by atoms with van der Waals surface area (Å²) in [6.45, 7) is 7.88. The molecule has 0 bridgehead atoms. The molecule has 1 aromatic carbocycles. The van der Waals surface area contributed by atoms with Crippen molar-refractivity contribution >= 4 is 5.91 Å². The fraction of sp³-hybridized carbons (Fsp3) is 0.588. The van der Waals surface area contributed by atoms with Crippen LogP contribution in [0.5, 0.6) is 0 Å². The van der Waals surface area contributed by atoms with Crippen LogP contribution in [0.1, 0.15) is 25.8 Å². The van der Waals surface area contributed by atoms with Crippen molar-refractivity contribution in [1.82, 2.24) is 10.2 Å². The molecule has 1 N–H and O–H groups in total. The van der Waals surface area contributed by atoms with Crippen molar-refractivity contribution in [2.45, 2.75) is 26.7 Å². The van der Waals surface area contributed by atoms with Crippen LogP contribution in [-0.2, 0) is 11.2 Å². The van der Waals surface area contributed by atoms with Crippen LogP contribution < -0.4 is 5.32 Å². The maximum absolute atomic E-state index is 13.5. The first-order chi connectivity index (χ1) is 10.9. The van der Waals surface area contributed by atoms with E-state index in [4.69, 9.17) is 0 Å². The van der Waals surface area contributed by atoms with Crippen molar-refractivity contribution in [3.05, 3.63) is 35.1 Å². The van der Waals surface area contributed by atoms with Gasteiger partial charge in [-0.05, 0) is 30.9 Å². The number of carbonyl (C=O) groups excluding carboxylic acids is 1. The maximum Gasteiger partial charge on any atom is 0.224 e. The Kier molecular flexibility index (Phi) is 6.04. The third-order valence-electron chi connectivity index (χ3n) is 4.05. The van der Waals surface area contributed by atoms with Crippen molar-refractivity contribution in [2.75, 3.05) is 26.2 Å². The van der Waals surface area contributed by atoms with Crippen LogP contribution in [0.4, 0.5) is 13.2 Å². The van der Waals surface area contributed by atoms with Crippen molar-refractivity contribution in [1.29, 1.82) is 0 Å². The molecule has 0 unspecified atom stereocenters.